The van der Waals surface area contributed by atoms with Crippen LogP contribution in [0.25, 0.3) is 0 Å². The fourth-order valence-electron chi connectivity index (χ4n) is 3.67. The molecule has 6 heteroatoms. The van der Waals surface area contributed by atoms with Crippen molar-refractivity contribution in [2.75, 3.05) is 19.4 Å². The summed E-state index contributed by atoms with van der Waals surface area (Å²) in [5, 5.41) is 2.87. The molecule has 0 radical (unpaired) electrons. The van der Waals surface area contributed by atoms with E-state index in [0.717, 1.165) is 17.1 Å². The summed E-state index contributed by atoms with van der Waals surface area (Å²) in [4.78, 5) is 27.6. The van der Waals surface area contributed by atoms with Crippen molar-refractivity contribution >= 4 is 23.6 Å². The zero-order chi connectivity index (χ0) is 22.8. The van der Waals surface area contributed by atoms with Crippen molar-refractivity contribution < 1.29 is 14.3 Å². The molecule has 0 bridgehead atoms. The number of aryl methyl sites for hydroxylation is 2. The van der Waals surface area contributed by atoms with Crippen molar-refractivity contribution in [2.24, 2.45) is 0 Å². The van der Waals surface area contributed by atoms with Crippen LogP contribution in [0.5, 0.6) is 5.75 Å². The molecule has 0 aliphatic rings. The molecule has 5 nitrogen and oxygen atoms in total. The fraction of sp³-hybridized carbons (Fsp3) is 0.440. The van der Waals surface area contributed by atoms with E-state index in [9.17, 15) is 9.59 Å². The first-order valence-corrected chi connectivity index (χ1v) is 11.9. The second-order valence-corrected chi connectivity index (χ2v) is 8.67. The average molecular weight is 443 g/mol. The van der Waals surface area contributed by atoms with Crippen LogP contribution in [0.2, 0.25) is 0 Å². The molecule has 0 aliphatic carbocycles. The van der Waals surface area contributed by atoms with E-state index in [-0.39, 0.29) is 11.8 Å². The standard InChI is InChI=1S/C25H34N2O3S/c1-6-23(25(29)26-7-2)27(15-20-9-8-10-22(14-20)30-5)24(28)17-31-16-21-12-18(3)11-19(4)13-21/h8-14,23H,6-7,15-17H2,1-5H3,(H,26,29)/t23-/m0/s1. The Balaban J connectivity index is 2.14. The van der Waals surface area contributed by atoms with Gasteiger partial charge in [0.05, 0.1) is 12.9 Å². The van der Waals surface area contributed by atoms with Gasteiger partial charge in [-0.3, -0.25) is 9.59 Å². The Morgan fingerprint density at radius 3 is 2.39 bits per heavy atom. The van der Waals surface area contributed by atoms with Crippen LogP contribution in [0.1, 0.15) is 42.5 Å². The summed E-state index contributed by atoms with van der Waals surface area (Å²) >= 11 is 1.58. The number of benzene rings is 2. The molecule has 0 fully saturated rings. The summed E-state index contributed by atoms with van der Waals surface area (Å²) in [5.41, 5.74) is 4.60. The SMILES string of the molecule is CCNC(=O)[C@H](CC)N(Cc1cccc(OC)c1)C(=O)CSCc1cc(C)cc(C)c1. The normalized spacial score (nSPS) is 11.6. The molecule has 2 amide bonds. The number of nitrogens with zero attached hydrogens (tertiary/aromatic N) is 1. The number of likely N-dealkylation sites (N-methyl/N-ethyl adjacent to an activating group) is 1. The number of thioether (sulfide) groups is 1. The Kier molecular flexibility index (Phi) is 9.92. The van der Waals surface area contributed by atoms with E-state index in [1.54, 1.807) is 23.8 Å². The maximum absolute atomic E-state index is 13.2. The summed E-state index contributed by atoms with van der Waals surface area (Å²) in [6.07, 6.45) is 0.559. The molecule has 1 N–H and O–H groups in total. The van der Waals surface area contributed by atoms with Crippen molar-refractivity contribution in [1.29, 1.82) is 0 Å². The quantitative estimate of drug-likeness (QED) is 0.557. The van der Waals surface area contributed by atoms with Gasteiger partial charge in [-0.1, -0.05) is 48.4 Å². The van der Waals surface area contributed by atoms with Crippen LogP contribution in [0.15, 0.2) is 42.5 Å². The molecule has 0 unspecified atom stereocenters. The molecule has 2 aromatic carbocycles. The van der Waals surface area contributed by atoms with Crippen LogP contribution in [-0.2, 0) is 21.9 Å². The van der Waals surface area contributed by atoms with Crippen LogP contribution in [0.4, 0.5) is 0 Å². The van der Waals surface area contributed by atoms with Gasteiger partial charge in [0.1, 0.15) is 11.8 Å². The Morgan fingerprint density at radius 1 is 1.06 bits per heavy atom. The largest absolute Gasteiger partial charge is 0.497 e. The monoisotopic (exact) mass is 442 g/mol. The molecule has 0 aromatic heterocycles. The molecular weight excluding hydrogens is 408 g/mol. The molecule has 0 aliphatic heterocycles. The number of nitrogens with one attached hydrogen (secondary N) is 1. The lowest BCUT2D eigenvalue weighted by atomic mass is 10.1. The molecular formula is C25H34N2O3S. The molecule has 0 spiro atoms. The van der Waals surface area contributed by atoms with Gasteiger partial charge in [-0.05, 0) is 50.5 Å². The smallest absolute Gasteiger partial charge is 0.242 e. The van der Waals surface area contributed by atoms with Gasteiger partial charge in [0.2, 0.25) is 11.8 Å². The Hall–Kier alpha value is -2.47. The Bertz CT molecular complexity index is 865. The third-order valence-corrected chi connectivity index (χ3v) is 5.99. The van der Waals surface area contributed by atoms with E-state index in [1.807, 2.05) is 38.1 Å². The van der Waals surface area contributed by atoms with Crippen molar-refractivity contribution in [3.05, 3.63) is 64.7 Å². The van der Waals surface area contributed by atoms with E-state index in [4.69, 9.17) is 4.74 Å². The number of hydrogen-bond donors (Lipinski definition) is 1. The highest BCUT2D eigenvalue weighted by atomic mass is 32.2. The molecule has 2 rings (SSSR count). The van der Waals surface area contributed by atoms with Gasteiger partial charge in [-0.2, -0.15) is 0 Å². The molecule has 1 atom stereocenters. The number of rotatable bonds is 11. The predicted molar refractivity (Wildman–Crippen MR) is 128 cm³/mol. The Morgan fingerprint density at radius 2 is 1.77 bits per heavy atom. The zero-order valence-electron chi connectivity index (χ0n) is 19.2. The van der Waals surface area contributed by atoms with Crippen LogP contribution in [0.3, 0.4) is 0 Å². The first kappa shape index (κ1) is 24.8. The third-order valence-electron chi connectivity index (χ3n) is 5.00. The van der Waals surface area contributed by atoms with Crippen LogP contribution in [-0.4, -0.2) is 42.2 Å². The highest BCUT2D eigenvalue weighted by molar-refractivity contribution is 7.99. The summed E-state index contributed by atoms with van der Waals surface area (Å²) in [5.74, 6) is 1.68. The van der Waals surface area contributed by atoms with Gasteiger partial charge in [-0.15, -0.1) is 11.8 Å². The first-order valence-electron chi connectivity index (χ1n) is 10.7. The average Bonchev–Trinajstić information content (AvgIpc) is 2.73. The Labute approximate surface area is 190 Å². The minimum absolute atomic E-state index is 0.0321. The number of ether oxygens (including phenoxy) is 1. The number of hydrogen-bond acceptors (Lipinski definition) is 4. The topological polar surface area (TPSA) is 58.6 Å². The molecule has 168 valence electrons. The van der Waals surface area contributed by atoms with Crippen LogP contribution >= 0.6 is 11.8 Å². The van der Waals surface area contributed by atoms with Crippen molar-refractivity contribution in [3.63, 3.8) is 0 Å². The van der Waals surface area contributed by atoms with Crippen molar-refractivity contribution in [2.45, 2.75) is 52.5 Å². The van der Waals surface area contributed by atoms with E-state index in [0.29, 0.717) is 25.3 Å². The highest BCUT2D eigenvalue weighted by Crippen LogP contribution is 2.20. The molecule has 2 aromatic rings. The van der Waals surface area contributed by atoms with Gasteiger partial charge < -0.3 is 15.0 Å². The van der Waals surface area contributed by atoms with Gasteiger partial charge in [-0.25, -0.2) is 0 Å². The maximum atomic E-state index is 13.2. The fourth-order valence-corrected chi connectivity index (χ4v) is 4.52. The van der Waals surface area contributed by atoms with Crippen LogP contribution < -0.4 is 10.1 Å². The predicted octanol–water partition coefficient (Wildman–Crippen LogP) is 4.49. The molecule has 0 saturated heterocycles. The summed E-state index contributed by atoms with van der Waals surface area (Å²) in [6, 6.07) is 13.6. The summed E-state index contributed by atoms with van der Waals surface area (Å²) in [7, 11) is 1.62. The summed E-state index contributed by atoms with van der Waals surface area (Å²) in [6.45, 7) is 8.90. The summed E-state index contributed by atoms with van der Waals surface area (Å²) < 4.78 is 5.32. The van der Waals surface area contributed by atoms with Gasteiger partial charge in [0.25, 0.3) is 0 Å². The maximum Gasteiger partial charge on any atom is 0.242 e. The first-order chi connectivity index (χ1) is 14.9. The number of amides is 2. The van der Waals surface area contributed by atoms with E-state index in [1.165, 1.54) is 16.7 Å². The second kappa shape index (κ2) is 12.4. The molecule has 31 heavy (non-hydrogen) atoms. The second-order valence-electron chi connectivity index (χ2n) is 7.68. The van der Waals surface area contributed by atoms with Crippen molar-refractivity contribution in [1.82, 2.24) is 10.2 Å². The van der Waals surface area contributed by atoms with Gasteiger partial charge in [0.15, 0.2) is 0 Å². The molecule has 0 saturated carbocycles. The van der Waals surface area contributed by atoms with Crippen LogP contribution in [0, 0.1) is 13.8 Å². The number of methoxy groups -OCH3 is 1. The lowest BCUT2D eigenvalue weighted by molar-refractivity contribution is -0.139. The zero-order valence-corrected chi connectivity index (χ0v) is 20.1. The van der Waals surface area contributed by atoms with E-state index in [2.05, 4.69) is 37.4 Å². The highest BCUT2D eigenvalue weighted by Gasteiger charge is 2.28. The van der Waals surface area contributed by atoms with E-state index < -0.39 is 6.04 Å². The number of carbonyl (C=O) groups is 2. The minimum atomic E-state index is -0.500. The van der Waals surface area contributed by atoms with E-state index >= 15 is 0 Å². The third kappa shape index (κ3) is 7.62. The lowest BCUT2D eigenvalue weighted by Crippen LogP contribution is -2.49. The van der Waals surface area contributed by atoms with Gasteiger partial charge >= 0.3 is 0 Å². The minimum Gasteiger partial charge on any atom is -0.497 e. The number of carbonyl (C=O) groups excluding carboxylic acids is 2. The molecule has 0 heterocycles. The van der Waals surface area contributed by atoms with Gasteiger partial charge in [0, 0.05) is 18.8 Å². The lowest BCUT2D eigenvalue weighted by Gasteiger charge is -2.30. The van der Waals surface area contributed by atoms with Crippen molar-refractivity contribution in [3.8, 4) is 5.75 Å².